The van der Waals surface area contributed by atoms with Crippen LogP contribution in [0.5, 0.6) is 11.5 Å². The summed E-state index contributed by atoms with van der Waals surface area (Å²) in [5.41, 5.74) is 6.87. The first-order valence-corrected chi connectivity index (χ1v) is 35.6. The highest BCUT2D eigenvalue weighted by atomic mass is 35.5. The van der Waals surface area contributed by atoms with Gasteiger partial charge in [0.2, 0.25) is 20.0 Å². The van der Waals surface area contributed by atoms with E-state index in [1.54, 1.807) is 38.5 Å². The van der Waals surface area contributed by atoms with E-state index in [0.717, 1.165) is 112 Å². The van der Waals surface area contributed by atoms with E-state index in [0.29, 0.717) is 98.8 Å². The van der Waals surface area contributed by atoms with Gasteiger partial charge in [-0.05, 0) is 195 Å². The first kappa shape index (κ1) is 66.7. The molecule has 0 unspecified atom stereocenters. The zero-order valence-corrected chi connectivity index (χ0v) is 54.3. The molecule has 8 aliphatic rings. The van der Waals surface area contributed by atoms with Gasteiger partial charge >= 0.3 is 0 Å². The SMILES string of the molecule is C.COCCO[C@H]1/C=C/C[C@@H](C)CS(=O)(=O)NC(=O)c2ccc3c(c2)N(C[C@@H]2CC[C@H]21)C[C@@]1(CCCc2cc(Cl)ccc21)CO3.COCCO[C@H]1/C=C/C[C@H](C)CS(=O)(=O)NC(=O)c2ccc3c(c2)N(C[C@@H]2CC[C@H]21)C[C@@]1(CCCc2cc(Cl)ccc21)CO3. The number of nitrogens with one attached hydrogen (secondary N) is 2. The number of benzene rings is 4. The Morgan fingerprint density at radius 3 is 1.40 bits per heavy atom. The zero-order valence-electron chi connectivity index (χ0n) is 51.2. The zero-order chi connectivity index (χ0) is 61.8. The lowest BCUT2D eigenvalue weighted by Crippen LogP contribution is -2.49. The first-order valence-electron chi connectivity index (χ1n) is 31.6. The molecule has 10 atom stereocenters. The summed E-state index contributed by atoms with van der Waals surface area (Å²) >= 11 is 12.8. The van der Waals surface area contributed by atoms with Gasteiger partial charge in [0, 0.05) is 72.4 Å². The largest absolute Gasteiger partial charge is 0.490 e. The molecule has 2 amide bonds. The van der Waals surface area contributed by atoms with Crippen molar-refractivity contribution in [1.82, 2.24) is 9.44 Å². The summed E-state index contributed by atoms with van der Waals surface area (Å²) in [6, 6.07) is 23.0. The summed E-state index contributed by atoms with van der Waals surface area (Å²) in [5.74, 6) is 0.973. The molecule has 12 rings (SSSR count). The highest BCUT2D eigenvalue weighted by molar-refractivity contribution is 7.90. The fraction of sp³-hybridized carbons (Fsp3) is 0.565. The molecule has 0 aromatic heterocycles. The lowest BCUT2D eigenvalue weighted by atomic mass is 9.68. The molecule has 484 valence electrons. The number of nitrogens with zero attached hydrogens (tertiary/aromatic N) is 2. The van der Waals surface area contributed by atoms with Crippen LogP contribution in [0.3, 0.4) is 0 Å². The number of ether oxygens (including phenoxy) is 6. The number of amides is 2. The fourth-order valence-electron chi connectivity index (χ4n) is 15.0. The third-order valence-electron chi connectivity index (χ3n) is 19.7. The Balaban J connectivity index is 0.000000194. The lowest BCUT2D eigenvalue weighted by Gasteiger charge is -2.46. The summed E-state index contributed by atoms with van der Waals surface area (Å²) in [5, 5.41) is 1.49. The van der Waals surface area contributed by atoms with E-state index < -0.39 is 31.9 Å². The molecule has 4 bridgehead atoms. The number of rotatable bonds is 8. The monoisotopic (exact) mass is 1300 g/mol. The summed E-state index contributed by atoms with van der Waals surface area (Å²) in [4.78, 5) is 31.3. The summed E-state index contributed by atoms with van der Waals surface area (Å²) in [7, 11) is -4.32. The van der Waals surface area contributed by atoms with Gasteiger partial charge in [-0.3, -0.25) is 9.59 Å². The number of carbonyl (C=O) groups is 2. The second-order valence-electron chi connectivity index (χ2n) is 26.2. The Kier molecular flexibility index (Phi) is 21.6. The van der Waals surface area contributed by atoms with E-state index in [1.165, 1.54) is 22.3 Å². The minimum atomic E-state index is -3.83. The molecule has 16 nitrogen and oxygen atoms in total. The summed E-state index contributed by atoms with van der Waals surface area (Å²) in [6.07, 6.45) is 19.6. The Labute approximate surface area is 537 Å². The average molecular weight is 1300 g/mol. The van der Waals surface area contributed by atoms with Crippen LogP contribution in [0.25, 0.3) is 0 Å². The number of halogens is 2. The number of fused-ring (bicyclic) bond motifs is 8. The molecule has 4 aliphatic carbocycles. The van der Waals surface area contributed by atoms with E-state index in [-0.39, 0.29) is 53.8 Å². The summed E-state index contributed by atoms with van der Waals surface area (Å²) < 4.78 is 92.9. The van der Waals surface area contributed by atoms with Crippen LogP contribution >= 0.6 is 23.2 Å². The molecule has 2 spiro atoms. The molecule has 2 saturated carbocycles. The van der Waals surface area contributed by atoms with E-state index >= 15 is 0 Å². The predicted octanol–water partition coefficient (Wildman–Crippen LogP) is 11.7. The van der Waals surface area contributed by atoms with Crippen molar-refractivity contribution < 1.29 is 54.8 Å². The van der Waals surface area contributed by atoms with E-state index in [4.69, 9.17) is 51.6 Å². The maximum Gasteiger partial charge on any atom is 0.264 e. The highest BCUT2D eigenvalue weighted by Crippen LogP contribution is 2.50. The van der Waals surface area contributed by atoms with Crippen LogP contribution in [0, 0.1) is 35.5 Å². The second-order valence-corrected chi connectivity index (χ2v) is 30.6. The van der Waals surface area contributed by atoms with Crippen LogP contribution in [0.4, 0.5) is 11.4 Å². The van der Waals surface area contributed by atoms with Gasteiger partial charge in [-0.2, -0.15) is 0 Å². The normalized spacial score (nSPS) is 30.3. The maximum atomic E-state index is 13.3. The van der Waals surface area contributed by atoms with Gasteiger partial charge in [-0.15, -0.1) is 0 Å². The lowest BCUT2D eigenvalue weighted by molar-refractivity contribution is -0.0310. The number of sulfonamides is 2. The Morgan fingerprint density at radius 1 is 0.584 bits per heavy atom. The summed E-state index contributed by atoms with van der Waals surface area (Å²) in [6.45, 7) is 9.84. The van der Waals surface area contributed by atoms with Gasteiger partial charge in [0.15, 0.2) is 0 Å². The van der Waals surface area contributed by atoms with Crippen LogP contribution in [0.15, 0.2) is 97.1 Å². The van der Waals surface area contributed by atoms with Crippen molar-refractivity contribution in [3.63, 3.8) is 0 Å². The number of anilines is 2. The van der Waals surface area contributed by atoms with Crippen LogP contribution in [0.2, 0.25) is 10.0 Å². The second kappa shape index (κ2) is 28.8. The van der Waals surface area contributed by atoms with Crippen molar-refractivity contribution in [3.05, 3.63) is 141 Å². The molecule has 4 heterocycles. The highest BCUT2D eigenvalue weighted by Gasteiger charge is 2.47. The number of aryl methyl sites for hydroxylation is 2. The van der Waals surface area contributed by atoms with Crippen molar-refractivity contribution in [3.8, 4) is 11.5 Å². The van der Waals surface area contributed by atoms with E-state index in [2.05, 4.69) is 55.7 Å². The molecule has 4 aromatic carbocycles. The van der Waals surface area contributed by atoms with Gasteiger partial charge in [0.1, 0.15) is 11.5 Å². The Bertz CT molecular complexity index is 3250. The van der Waals surface area contributed by atoms with Crippen molar-refractivity contribution in [2.75, 3.05) is 101 Å². The number of methoxy groups -OCH3 is 2. The first-order chi connectivity index (χ1) is 42.3. The quantitative estimate of drug-likeness (QED) is 0.125. The molecular formula is C69H90Cl2N4O12S2. The molecule has 0 radical (unpaired) electrons. The molecule has 4 aliphatic heterocycles. The molecule has 4 aromatic rings. The number of hydrogen-bond donors (Lipinski definition) is 2. The Morgan fingerprint density at radius 2 is 1.01 bits per heavy atom. The van der Waals surface area contributed by atoms with Gasteiger partial charge in [-0.1, -0.05) is 80.9 Å². The van der Waals surface area contributed by atoms with E-state index in [1.807, 2.05) is 50.3 Å². The van der Waals surface area contributed by atoms with E-state index in [9.17, 15) is 26.4 Å². The fourth-order valence-corrected chi connectivity index (χ4v) is 18.1. The van der Waals surface area contributed by atoms with Crippen molar-refractivity contribution in [1.29, 1.82) is 0 Å². The molecule has 0 saturated heterocycles. The predicted molar refractivity (Wildman–Crippen MR) is 351 cm³/mol. The van der Waals surface area contributed by atoms with Gasteiger partial charge in [0.05, 0.1) is 74.7 Å². The molecule has 2 N–H and O–H groups in total. The minimum Gasteiger partial charge on any atom is -0.490 e. The van der Waals surface area contributed by atoms with Crippen molar-refractivity contribution in [2.45, 2.75) is 121 Å². The van der Waals surface area contributed by atoms with Gasteiger partial charge in [-0.25, -0.2) is 26.3 Å². The van der Waals surface area contributed by atoms with Crippen LogP contribution in [-0.2, 0) is 62.7 Å². The van der Waals surface area contributed by atoms with Crippen molar-refractivity contribution >= 4 is 66.4 Å². The average Bonchev–Trinajstić information content (AvgIpc) is 1.75. The van der Waals surface area contributed by atoms with Crippen LogP contribution in [0.1, 0.15) is 128 Å². The van der Waals surface area contributed by atoms with Gasteiger partial charge < -0.3 is 38.2 Å². The topological polar surface area (TPSA) is 188 Å². The molecular weight excluding hydrogens is 1210 g/mol. The third kappa shape index (κ3) is 15.5. The molecule has 20 heteroatoms. The third-order valence-corrected chi connectivity index (χ3v) is 23.2. The van der Waals surface area contributed by atoms with Crippen LogP contribution in [-0.4, -0.2) is 132 Å². The maximum absolute atomic E-state index is 13.3. The minimum absolute atomic E-state index is 0. The number of carbonyl (C=O) groups excluding carboxylic acids is 2. The molecule has 2 fully saturated rings. The Hall–Kier alpha value is -5.18. The molecule has 89 heavy (non-hydrogen) atoms. The van der Waals surface area contributed by atoms with Gasteiger partial charge in [0.25, 0.3) is 11.8 Å². The smallest absolute Gasteiger partial charge is 0.264 e. The van der Waals surface area contributed by atoms with Crippen LogP contribution < -0.4 is 28.7 Å². The number of allylic oxidation sites excluding steroid dienone is 2. The number of hydrogen-bond acceptors (Lipinski definition) is 14. The van der Waals surface area contributed by atoms with Crippen molar-refractivity contribution in [2.24, 2.45) is 35.5 Å². The standard InChI is InChI=1S/2C34H43ClN2O6S.CH4/c2*1-23-5-3-7-31(42-16-15-41-2)28-11-8-26(28)19-37-21-34(14-4-6-24-17-27(35)10-12-29(24)34)22-43-32-13-9-25(18-30(32)37)33(38)36-44(39,40)20-23;/h2*3,7,9-10,12-13,17-18,23,26,28,31H,4-6,8,11,14-16,19-22H2,1-2H3,(H,36,38);1H4/b2*7-3+;/t23-,26+,28-,31+,34+;23-,26-,28+,31-,34-;/m10./s1.